The first kappa shape index (κ1) is 20.1. The lowest BCUT2D eigenvalue weighted by atomic mass is 9.98. The van der Waals surface area contributed by atoms with E-state index in [2.05, 4.69) is 29.0 Å². The Labute approximate surface area is 177 Å². The Kier molecular flexibility index (Phi) is 6.10. The van der Waals surface area contributed by atoms with Crippen molar-refractivity contribution in [3.8, 4) is 0 Å². The number of pyridine rings is 1. The Morgan fingerprint density at radius 1 is 0.933 bits per heavy atom. The molecule has 5 nitrogen and oxygen atoms in total. The summed E-state index contributed by atoms with van der Waals surface area (Å²) in [6.07, 6.45) is 1.98. The molecule has 154 valence electrons. The highest BCUT2D eigenvalue weighted by molar-refractivity contribution is 5.94. The van der Waals surface area contributed by atoms with Crippen molar-refractivity contribution >= 4 is 11.7 Å². The van der Waals surface area contributed by atoms with Gasteiger partial charge in [0.05, 0.1) is 23.8 Å². The average molecular weight is 402 g/mol. The van der Waals surface area contributed by atoms with Crippen LogP contribution in [-0.2, 0) is 4.74 Å². The van der Waals surface area contributed by atoms with Gasteiger partial charge in [0, 0.05) is 19.3 Å². The van der Waals surface area contributed by atoms with E-state index in [0.29, 0.717) is 5.56 Å². The maximum absolute atomic E-state index is 13.0. The minimum atomic E-state index is -0.222. The maximum atomic E-state index is 13.0. The van der Waals surface area contributed by atoms with E-state index in [4.69, 9.17) is 4.74 Å². The van der Waals surface area contributed by atoms with Crippen molar-refractivity contribution in [2.24, 2.45) is 0 Å². The van der Waals surface area contributed by atoms with Crippen molar-refractivity contribution in [2.75, 3.05) is 18.0 Å². The number of nitrogens with one attached hydrogen (secondary N) is 1. The van der Waals surface area contributed by atoms with Gasteiger partial charge in [-0.3, -0.25) is 4.79 Å². The van der Waals surface area contributed by atoms with Crippen LogP contribution >= 0.6 is 0 Å². The molecule has 0 bridgehead atoms. The summed E-state index contributed by atoms with van der Waals surface area (Å²) in [6.45, 7) is 5.73. The van der Waals surface area contributed by atoms with Crippen LogP contribution in [0.15, 0.2) is 79.0 Å². The molecule has 0 spiro atoms. The second-order valence-electron chi connectivity index (χ2n) is 7.80. The summed E-state index contributed by atoms with van der Waals surface area (Å²) in [6, 6.07) is 23.5. The van der Waals surface area contributed by atoms with Crippen LogP contribution in [0.4, 0.5) is 5.82 Å². The minimum Gasteiger partial charge on any atom is -0.372 e. The van der Waals surface area contributed by atoms with Crippen molar-refractivity contribution in [2.45, 2.75) is 32.1 Å². The summed E-state index contributed by atoms with van der Waals surface area (Å²) in [4.78, 5) is 19.8. The fourth-order valence-electron chi connectivity index (χ4n) is 3.94. The molecule has 2 atom stereocenters. The van der Waals surface area contributed by atoms with Gasteiger partial charge in [0.25, 0.3) is 5.91 Å². The second-order valence-corrected chi connectivity index (χ2v) is 7.80. The normalized spacial score (nSPS) is 19.0. The predicted octanol–water partition coefficient (Wildman–Crippen LogP) is 4.21. The topological polar surface area (TPSA) is 54.5 Å². The van der Waals surface area contributed by atoms with Gasteiger partial charge in [-0.05, 0) is 37.1 Å². The number of hydrogen-bond donors (Lipinski definition) is 1. The number of amides is 1. The van der Waals surface area contributed by atoms with Crippen LogP contribution in [0, 0.1) is 0 Å². The Bertz CT molecular complexity index is 911. The molecule has 1 fully saturated rings. The summed E-state index contributed by atoms with van der Waals surface area (Å²) in [5.74, 6) is 0.728. The summed E-state index contributed by atoms with van der Waals surface area (Å²) >= 11 is 0. The number of morpholine rings is 1. The molecule has 2 heterocycles. The zero-order valence-electron chi connectivity index (χ0n) is 17.4. The van der Waals surface area contributed by atoms with E-state index in [1.807, 2.05) is 72.8 Å². The molecule has 5 heteroatoms. The first-order valence-corrected chi connectivity index (χ1v) is 10.4. The molecule has 1 amide bonds. The molecule has 0 aliphatic carbocycles. The number of carbonyl (C=O) groups excluding carboxylic acids is 1. The molecule has 4 rings (SSSR count). The van der Waals surface area contributed by atoms with Crippen LogP contribution in [-0.4, -0.2) is 36.2 Å². The third-order valence-corrected chi connectivity index (χ3v) is 5.29. The molecule has 0 saturated carbocycles. The highest BCUT2D eigenvalue weighted by Crippen LogP contribution is 2.23. The molecule has 3 aromatic rings. The van der Waals surface area contributed by atoms with Crippen molar-refractivity contribution < 1.29 is 9.53 Å². The number of aromatic nitrogens is 1. The monoisotopic (exact) mass is 401 g/mol. The zero-order chi connectivity index (χ0) is 20.9. The van der Waals surface area contributed by atoms with Gasteiger partial charge in [-0.25, -0.2) is 4.98 Å². The van der Waals surface area contributed by atoms with Crippen LogP contribution in [0.3, 0.4) is 0 Å². The molecule has 1 aliphatic rings. The Hall–Kier alpha value is -3.18. The SMILES string of the molecule is CC1CN(c2ccc(C(=O)NC(c3ccccc3)c3ccccc3)cn2)CC(C)O1. The second kappa shape index (κ2) is 9.09. The van der Waals surface area contributed by atoms with E-state index < -0.39 is 0 Å². The number of carbonyl (C=O) groups is 1. The summed E-state index contributed by atoms with van der Waals surface area (Å²) in [5, 5.41) is 3.17. The molecule has 1 N–H and O–H groups in total. The fourth-order valence-corrected chi connectivity index (χ4v) is 3.94. The minimum absolute atomic E-state index is 0.143. The molecule has 30 heavy (non-hydrogen) atoms. The maximum Gasteiger partial charge on any atom is 0.253 e. The average Bonchev–Trinajstić information content (AvgIpc) is 2.78. The largest absolute Gasteiger partial charge is 0.372 e. The number of benzene rings is 2. The first-order valence-electron chi connectivity index (χ1n) is 10.4. The van der Waals surface area contributed by atoms with Gasteiger partial charge in [0.1, 0.15) is 5.82 Å². The van der Waals surface area contributed by atoms with E-state index in [1.54, 1.807) is 6.20 Å². The van der Waals surface area contributed by atoms with Crippen molar-refractivity contribution in [3.63, 3.8) is 0 Å². The van der Waals surface area contributed by atoms with E-state index >= 15 is 0 Å². The smallest absolute Gasteiger partial charge is 0.253 e. The summed E-state index contributed by atoms with van der Waals surface area (Å²) in [7, 11) is 0. The first-order chi connectivity index (χ1) is 14.6. The van der Waals surface area contributed by atoms with E-state index in [1.165, 1.54) is 0 Å². The quantitative estimate of drug-likeness (QED) is 0.696. The lowest BCUT2D eigenvalue weighted by molar-refractivity contribution is -0.00546. The van der Waals surface area contributed by atoms with Gasteiger partial charge >= 0.3 is 0 Å². The van der Waals surface area contributed by atoms with Gasteiger partial charge < -0.3 is 15.0 Å². The lowest BCUT2D eigenvalue weighted by Gasteiger charge is -2.36. The van der Waals surface area contributed by atoms with Crippen molar-refractivity contribution in [1.82, 2.24) is 10.3 Å². The summed E-state index contributed by atoms with van der Waals surface area (Å²) in [5.41, 5.74) is 2.63. The molecule has 0 radical (unpaired) electrons. The van der Waals surface area contributed by atoms with Gasteiger partial charge in [-0.1, -0.05) is 60.7 Å². The van der Waals surface area contributed by atoms with E-state index in [-0.39, 0.29) is 24.2 Å². The van der Waals surface area contributed by atoms with Gasteiger partial charge in [0.15, 0.2) is 0 Å². The number of hydrogen-bond acceptors (Lipinski definition) is 4. The molecular formula is C25H27N3O2. The van der Waals surface area contributed by atoms with Crippen LogP contribution < -0.4 is 10.2 Å². The molecule has 1 saturated heterocycles. The summed E-state index contributed by atoms with van der Waals surface area (Å²) < 4.78 is 5.79. The van der Waals surface area contributed by atoms with E-state index in [0.717, 1.165) is 30.0 Å². The van der Waals surface area contributed by atoms with Crippen molar-refractivity contribution in [3.05, 3.63) is 95.7 Å². The third-order valence-electron chi connectivity index (χ3n) is 5.29. The van der Waals surface area contributed by atoms with Gasteiger partial charge in [0.2, 0.25) is 0 Å². The Balaban J connectivity index is 1.52. The number of nitrogens with zero attached hydrogens (tertiary/aromatic N) is 2. The molecule has 2 aromatic carbocycles. The molecular weight excluding hydrogens is 374 g/mol. The number of anilines is 1. The fraction of sp³-hybridized carbons (Fsp3) is 0.280. The van der Waals surface area contributed by atoms with Crippen LogP contribution in [0.5, 0.6) is 0 Å². The van der Waals surface area contributed by atoms with Crippen LogP contribution in [0.2, 0.25) is 0 Å². The Morgan fingerprint density at radius 2 is 1.50 bits per heavy atom. The lowest BCUT2D eigenvalue weighted by Crippen LogP contribution is -2.45. The van der Waals surface area contributed by atoms with Crippen molar-refractivity contribution in [1.29, 1.82) is 0 Å². The highest BCUT2D eigenvalue weighted by Gasteiger charge is 2.23. The molecule has 2 unspecified atom stereocenters. The van der Waals surface area contributed by atoms with E-state index in [9.17, 15) is 4.79 Å². The third kappa shape index (κ3) is 4.69. The zero-order valence-corrected chi connectivity index (χ0v) is 17.4. The predicted molar refractivity (Wildman–Crippen MR) is 119 cm³/mol. The van der Waals surface area contributed by atoms with Gasteiger partial charge in [-0.15, -0.1) is 0 Å². The van der Waals surface area contributed by atoms with Crippen LogP contribution in [0.25, 0.3) is 0 Å². The molecule has 1 aliphatic heterocycles. The standard InChI is InChI=1S/C25H27N3O2/c1-18-16-28(17-19(2)30-18)23-14-13-22(15-26-23)25(29)27-24(20-9-5-3-6-10-20)21-11-7-4-8-12-21/h3-15,18-19,24H,16-17H2,1-2H3,(H,27,29). The highest BCUT2D eigenvalue weighted by atomic mass is 16.5. The van der Waals surface area contributed by atoms with Crippen LogP contribution in [0.1, 0.15) is 41.4 Å². The number of rotatable bonds is 5. The Morgan fingerprint density at radius 3 is 2.00 bits per heavy atom. The molecule has 1 aromatic heterocycles. The number of ether oxygens (including phenoxy) is 1. The van der Waals surface area contributed by atoms with Gasteiger partial charge in [-0.2, -0.15) is 0 Å².